The van der Waals surface area contributed by atoms with Crippen LogP contribution in [0.15, 0.2) is 18.2 Å². The van der Waals surface area contributed by atoms with E-state index in [-0.39, 0.29) is 10.6 Å². The van der Waals surface area contributed by atoms with Crippen LogP contribution in [0, 0.1) is 10.1 Å². The van der Waals surface area contributed by atoms with Crippen molar-refractivity contribution in [3.05, 3.63) is 33.9 Å². The number of hydrogen-bond acceptors (Lipinski definition) is 3. The second-order valence-electron chi connectivity index (χ2n) is 4.26. The van der Waals surface area contributed by atoms with E-state index in [0.717, 1.165) is 18.5 Å². The minimum absolute atomic E-state index is 0.218. The average Bonchev–Trinajstić information content (AvgIpc) is 2.75. The molecule has 4 heteroatoms. The fraction of sp³-hybridized carbons (Fsp3) is 0.455. The van der Waals surface area contributed by atoms with Gasteiger partial charge in [-0.3, -0.25) is 10.1 Å². The van der Waals surface area contributed by atoms with E-state index < -0.39 is 0 Å². The Morgan fingerprint density at radius 2 is 2.33 bits per heavy atom. The van der Waals surface area contributed by atoms with Crippen LogP contribution in [0.3, 0.4) is 0 Å². The monoisotopic (exact) mass is 204 g/mol. The van der Waals surface area contributed by atoms with E-state index in [1.165, 1.54) is 18.5 Å². The van der Waals surface area contributed by atoms with Crippen LogP contribution >= 0.6 is 0 Å². The molecule has 0 N–H and O–H groups in total. The lowest BCUT2D eigenvalue weighted by Gasteiger charge is -2.17. The number of nitro groups is 1. The van der Waals surface area contributed by atoms with Gasteiger partial charge in [0.15, 0.2) is 0 Å². The first kappa shape index (κ1) is 8.71. The minimum atomic E-state index is -0.316. The summed E-state index contributed by atoms with van der Waals surface area (Å²) in [4.78, 5) is 12.7. The third-order valence-corrected chi connectivity index (χ3v) is 3.42. The molecule has 0 aliphatic carbocycles. The quantitative estimate of drug-likeness (QED) is 0.520. The van der Waals surface area contributed by atoms with Crippen LogP contribution in [0.1, 0.15) is 18.4 Å². The molecular weight excluding hydrogens is 192 g/mol. The standard InChI is InChI=1S/C11H12N2O2/c14-13(15)10-3-4-11-8(7-10)6-9-2-1-5-12(9)11/h3-4,7,9H,1-2,5-6H2. The molecule has 2 aliphatic heterocycles. The van der Waals surface area contributed by atoms with Crippen molar-refractivity contribution in [2.75, 3.05) is 11.4 Å². The number of nitro benzene ring substituents is 1. The maximum absolute atomic E-state index is 10.6. The largest absolute Gasteiger partial charge is 0.368 e. The Balaban J connectivity index is 2.03. The second kappa shape index (κ2) is 2.95. The van der Waals surface area contributed by atoms with Crippen LogP contribution < -0.4 is 4.90 Å². The Morgan fingerprint density at radius 1 is 1.47 bits per heavy atom. The van der Waals surface area contributed by atoms with E-state index in [1.807, 2.05) is 6.07 Å². The van der Waals surface area contributed by atoms with Crippen LogP contribution in [0.2, 0.25) is 0 Å². The minimum Gasteiger partial charge on any atom is -0.368 e. The highest BCUT2D eigenvalue weighted by molar-refractivity contribution is 5.63. The summed E-state index contributed by atoms with van der Waals surface area (Å²) in [6.07, 6.45) is 3.46. The predicted molar refractivity (Wildman–Crippen MR) is 57.2 cm³/mol. The molecular formula is C11H12N2O2. The van der Waals surface area contributed by atoms with Crippen molar-refractivity contribution in [2.45, 2.75) is 25.3 Å². The molecule has 0 aromatic heterocycles. The van der Waals surface area contributed by atoms with Gasteiger partial charge < -0.3 is 4.90 Å². The van der Waals surface area contributed by atoms with Gasteiger partial charge in [-0.25, -0.2) is 0 Å². The molecule has 78 valence electrons. The molecule has 1 aromatic rings. The number of rotatable bonds is 1. The summed E-state index contributed by atoms with van der Waals surface area (Å²) in [6, 6.07) is 5.84. The number of anilines is 1. The summed E-state index contributed by atoms with van der Waals surface area (Å²) in [5, 5.41) is 10.6. The molecule has 0 radical (unpaired) electrons. The van der Waals surface area contributed by atoms with E-state index in [1.54, 1.807) is 12.1 Å². The average molecular weight is 204 g/mol. The smallest absolute Gasteiger partial charge is 0.269 e. The zero-order valence-electron chi connectivity index (χ0n) is 8.35. The third-order valence-electron chi connectivity index (χ3n) is 3.42. The lowest BCUT2D eigenvalue weighted by molar-refractivity contribution is -0.384. The molecule has 0 amide bonds. The molecule has 1 aromatic carbocycles. The van der Waals surface area contributed by atoms with Gasteiger partial charge in [-0.15, -0.1) is 0 Å². The summed E-state index contributed by atoms with van der Waals surface area (Å²) in [5.41, 5.74) is 2.58. The molecule has 1 saturated heterocycles. The van der Waals surface area contributed by atoms with Gasteiger partial charge in [-0.05, 0) is 30.9 Å². The summed E-state index contributed by atoms with van der Waals surface area (Å²) < 4.78 is 0. The highest BCUT2D eigenvalue weighted by atomic mass is 16.6. The van der Waals surface area contributed by atoms with E-state index in [9.17, 15) is 10.1 Å². The van der Waals surface area contributed by atoms with E-state index in [2.05, 4.69) is 4.90 Å². The third kappa shape index (κ3) is 1.21. The summed E-state index contributed by atoms with van der Waals surface area (Å²) in [7, 11) is 0. The SMILES string of the molecule is O=[N+]([O-])c1ccc2c(c1)CC1CCCN21. The van der Waals surface area contributed by atoms with Gasteiger partial charge in [-0.2, -0.15) is 0 Å². The first-order valence-electron chi connectivity index (χ1n) is 5.29. The fourth-order valence-electron chi connectivity index (χ4n) is 2.75. The zero-order valence-corrected chi connectivity index (χ0v) is 8.35. The van der Waals surface area contributed by atoms with E-state index in [4.69, 9.17) is 0 Å². The number of benzene rings is 1. The van der Waals surface area contributed by atoms with E-state index >= 15 is 0 Å². The number of non-ortho nitro benzene ring substituents is 1. The molecule has 4 nitrogen and oxygen atoms in total. The first-order chi connectivity index (χ1) is 7.25. The maximum atomic E-state index is 10.6. The molecule has 1 fully saturated rings. The van der Waals surface area contributed by atoms with Crippen LogP contribution in [0.25, 0.3) is 0 Å². The normalized spacial score (nSPS) is 22.7. The molecule has 2 aliphatic rings. The summed E-state index contributed by atoms with van der Waals surface area (Å²) >= 11 is 0. The van der Waals surface area contributed by atoms with Gasteiger partial charge in [0.2, 0.25) is 0 Å². The lowest BCUT2D eigenvalue weighted by atomic mass is 10.1. The molecule has 0 bridgehead atoms. The number of fused-ring (bicyclic) bond motifs is 3. The molecule has 15 heavy (non-hydrogen) atoms. The van der Waals surface area contributed by atoms with Gasteiger partial charge in [0, 0.05) is 30.4 Å². The zero-order chi connectivity index (χ0) is 10.4. The first-order valence-corrected chi connectivity index (χ1v) is 5.29. The molecule has 0 saturated carbocycles. The van der Waals surface area contributed by atoms with Crippen LogP contribution in [0.5, 0.6) is 0 Å². The van der Waals surface area contributed by atoms with Crippen LogP contribution in [-0.4, -0.2) is 17.5 Å². The molecule has 1 atom stereocenters. The van der Waals surface area contributed by atoms with Crippen molar-refractivity contribution in [2.24, 2.45) is 0 Å². The Morgan fingerprint density at radius 3 is 3.13 bits per heavy atom. The molecule has 0 spiro atoms. The van der Waals surface area contributed by atoms with Crippen molar-refractivity contribution in [1.82, 2.24) is 0 Å². The topological polar surface area (TPSA) is 46.4 Å². The predicted octanol–water partition coefficient (Wildman–Crippen LogP) is 2.12. The van der Waals surface area contributed by atoms with Gasteiger partial charge in [0.05, 0.1) is 4.92 Å². The second-order valence-corrected chi connectivity index (χ2v) is 4.26. The van der Waals surface area contributed by atoms with E-state index in [0.29, 0.717) is 6.04 Å². The fourth-order valence-corrected chi connectivity index (χ4v) is 2.75. The van der Waals surface area contributed by atoms with Gasteiger partial charge in [0.25, 0.3) is 5.69 Å². The summed E-state index contributed by atoms with van der Waals surface area (Å²) in [5.74, 6) is 0. The number of nitrogens with zero attached hydrogens (tertiary/aromatic N) is 2. The Hall–Kier alpha value is -1.58. The van der Waals surface area contributed by atoms with Crippen molar-refractivity contribution in [1.29, 1.82) is 0 Å². The van der Waals surface area contributed by atoms with Crippen molar-refractivity contribution < 1.29 is 4.92 Å². The molecule has 2 heterocycles. The Bertz CT molecular complexity index is 431. The van der Waals surface area contributed by atoms with Crippen molar-refractivity contribution >= 4 is 11.4 Å². The highest BCUT2D eigenvalue weighted by Gasteiger charge is 2.33. The van der Waals surface area contributed by atoms with Crippen molar-refractivity contribution in [3.8, 4) is 0 Å². The molecule has 1 unspecified atom stereocenters. The van der Waals surface area contributed by atoms with Crippen LogP contribution in [-0.2, 0) is 6.42 Å². The van der Waals surface area contributed by atoms with Gasteiger partial charge in [-0.1, -0.05) is 0 Å². The summed E-state index contributed by atoms with van der Waals surface area (Å²) in [6.45, 7) is 1.11. The Labute approximate surface area is 87.7 Å². The van der Waals surface area contributed by atoms with Crippen LogP contribution in [0.4, 0.5) is 11.4 Å². The van der Waals surface area contributed by atoms with Crippen molar-refractivity contribution in [3.63, 3.8) is 0 Å². The lowest BCUT2D eigenvalue weighted by Crippen LogP contribution is -2.24. The molecule has 3 rings (SSSR count). The maximum Gasteiger partial charge on any atom is 0.269 e. The Kier molecular flexibility index (Phi) is 1.71. The van der Waals surface area contributed by atoms with Gasteiger partial charge >= 0.3 is 0 Å². The number of hydrogen-bond donors (Lipinski definition) is 0. The highest BCUT2D eigenvalue weighted by Crippen LogP contribution is 2.39. The van der Waals surface area contributed by atoms with Gasteiger partial charge in [0.1, 0.15) is 0 Å².